The van der Waals surface area contributed by atoms with Gasteiger partial charge in [0.15, 0.2) is 0 Å². The molecule has 0 amide bonds. The zero-order valence-electron chi connectivity index (χ0n) is 11.1. The molecule has 0 bridgehead atoms. The molecule has 0 aliphatic heterocycles. The third-order valence-corrected chi connectivity index (χ3v) is 2.74. The van der Waals surface area contributed by atoms with Gasteiger partial charge in [-0.25, -0.2) is 0 Å². The number of nitrogens with one attached hydrogen (secondary N) is 1. The lowest BCUT2D eigenvalue weighted by Crippen LogP contribution is -2.28. The summed E-state index contributed by atoms with van der Waals surface area (Å²) < 4.78 is 5.14. The third kappa shape index (κ3) is 5.55. The highest BCUT2D eigenvalue weighted by Gasteiger charge is 2.02. The van der Waals surface area contributed by atoms with Crippen molar-refractivity contribution in [1.82, 2.24) is 5.32 Å². The Morgan fingerprint density at radius 2 is 2.00 bits per heavy atom. The van der Waals surface area contributed by atoms with Gasteiger partial charge in [-0.3, -0.25) is 0 Å². The smallest absolute Gasteiger partial charge is 0.118 e. The van der Waals surface area contributed by atoms with E-state index in [-0.39, 0.29) is 0 Å². The van der Waals surface area contributed by atoms with Crippen LogP contribution in [0.25, 0.3) is 0 Å². The first-order valence-electron chi connectivity index (χ1n) is 6.23. The van der Waals surface area contributed by atoms with Crippen molar-refractivity contribution in [3.05, 3.63) is 42.0 Å². The summed E-state index contributed by atoms with van der Waals surface area (Å²) in [6, 6.07) is 8.80. The first-order chi connectivity index (χ1) is 8.26. The van der Waals surface area contributed by atoms with Gasteiger partial charge in [-0.15, -0.1) is 0 Å². The van der Waals surface area contributed by atoms with Gasteiger partial charge in [-0.2, -0.15) is 0 Å². The summed E-state index contributed by atoms with van der Waals surface area (Å²) in [6.45, 7) is 5.32. The Balaban J connectivity index is 2.31. The van der Waals surface area contributed by atoms with Crippen LogP contribution in [0.5, 0.6) is 5.75 Å². The van der Waals surface area contributed by atoms with Crippen molar-refractivity contribution >= 4 is 0 Å². The second-order valence-corrected chi connectivity index (χ2v) is 4.27. The summed E-state index contributed by atoms with van der Waals surface area (Å²) in [7, 11) is 1.69. The van der Waals surface area contributed by atoms with Crippen molar-refractivity contribution in [2.24, 2.45) is 0 Å². The summed E-state index contributed by atoms with van der Waals surface area (Å²) in [4.78, 5) is 0. The van der Waals surface area contributed by atoms with Crippen molar-refractivity contribution in [3.63, 3.8) is 0 Å². The van der Waals surface area contributed by atoms with Crippen LogP contribution in [0.15, 0.2) is 36.4 Å². The van der Waals surface area contributed by atoms with E-state index in [1.54, 1.807) is 7.11 Å². The van der Waals surface area contributed by atoms with Crippen molar-refractivity contribution in [2.45, 2.75) is 32.7 Å². The van der Waals surface area contributed by atoms with Crippen molar-refractivity contribution in [1.29, 1.82) is 0 Å². The van der Waals surface area contributed by atoms with Crippen LogP contribution in [0.3, 0.4) is 0 Å². The minimum Gasteiger partial charge on any atom is -0.497 e. The van der Waals surface area contributed by atoms with Crippen LogP contribution < -0.4 is 10.1 Å². The van der Waals surface area contributed by atoms with Crippen LogP contribution in [-0.2, 0) is 6.42 Å². The lowest BCUT2D eigenvalue weighted by atomic mass is 10.1. The Kier molecular flexibility index (Phi) is 6.41. The van der Waals surface area contributed by atoms with Gasteiger partial charge in [0.1, 0.15) is 5.75 Å². The lowest BCUT2D eigenvalue weighted by molar-refractivity contribution is 0.414. The van der Waals surface area contributed by atoms with E-state index >= 15 is 0 Å². The molecule has 2 nitrogen and oxygen atoms in total. The van der Waals surface area contributed by atoms with E-state index in [0.29, 0.717) is 6.04 Å². The molecule has 1 atom stereocenters. The number of benzene rings is 1. The van der Waals surface area contributed by atoms with Gasteiger partial charge in [0, 0.05) is 6.04 Å². The molecule has 0 aromatic heterocycles. The monoisotopic (exact) mass is 233 g/mol. The van der Waals surface area contributed by atoms with E-state index in [9.17, 15) is 0 Å². The number of allylic oxidation sites excluding steroid dienone is 1. The number of rotatable bonds is 7. The van der Waals surface area contributed by atoms with Crippen LogP contribution in [0.1, 0.15) is 25.8 Å². The Morgan fingerprint density at radius 3 is 2.59 bits per heavy atom. The standard InChI is InChI=1S/C15H23NO/c1-4-5-6-11-16-13(2)12-14-7-9-15(17-3)10-8-14/h4-5,7-10,13,16H,6,11-12H2,1-3H3/b5-4+. The van der Waals surface area contributed by atoms with Crippen LogP contribution in [-0.4, -0.2) is 19.7 Å². The molecule has 1 unspecified atom stereocenters. The molecule has 0 saturated carbocycles. The van der Waals surface area contributed by atoms with E-state index in [1.807, 2.05) is 12.1 Å². The largest absolute Gasteiger partial charge is 0.497 e. The topological polar surface area (TPSA) is 21.3 Å². The number of hydrogen-bond acceptors (Lipinski definition) is 2. The zero-order valence-corrected chi connectivity index (χ0v) is 11.1. The maximum atomic E-state index is 5.14. The SMILES string of the molecule is C/C=C/CCNC(C)Cc1ccc(OC)cc1. The minimum absolute atomic E-state index is 0.508. The third-order valence-electron chi connectivity index (χ3n) is 2.74. The molecule has 0 fully saturated rings. The minimum atomic E-state index is 0.508. The van der Waals surface area contributed by atoms with Crippen LogP contribution in [0, 0.1) is 0 Å². The fraction of sp³-hybridized carbons (Fsp3) is 0.467. The second kappa shape index (κ2) is 7.91. The summed E-state index contributed by atoms with van der Waals surface area (Å²) in [5, 5.41) is 3.51. The molecule has 0 heterocycles. The van der Waals surface area contributed by atoms with Crippen LogP contribution in [0.4, 0.5) is 0 Å². The van der Waals surface area contributed by atoms with E-state index in [4.69, 9.17) is 4.74 Å². The van der Waals surface area contributed by atoms with Gasteiger partial charge in [-0.05, 0) is 50.9 Å². The van der Waals surface area contributed by atoms with Gasteiger partial charge in [0.25, 0.3) is 0 Å². The van der Waals surface area contributed by atoms with Crippen LogP contribution in [0.2, 0.25) is 0 Å². The Hall–Kier alpha value is -1.28. The van der Waals surface area contributed by atoms with Gasteiger partial charge in [-0.1, -0.05) is 24.3 Å². The predicted octanol–water partition coefficient (Wildman–Crippen LogP) is 3.18. The Morgan fingerprint density at radius 1 is 1.29 bits per heavy atom. The Labute approximate surface area is 105 Å². The van der Waals surface area contributed by atoms with Gasteiger partial charge >= 0.3 is 0 Å². The van der Waals surface area contributed by atoms with Gasteiger partial charge in [0.2, 0.25) is 0 Å². The highest BCUT2D eigenvalue weighted by atomic mass is 16.5. The normalized spacial score (nSPS) is 12.9. The highest BCUT2D eigenvalue weighted by Crippen LogP contribution is 2.12. The predicted molar refractivity (Wildman–Crippen MR) is 73.6 cm³/mol. The van der Waals surface area contributed by atoms with E-state index in [0.717, 1.165) is 25.1 Å². The molecule has 17 heavy (non-hydrogen) atoms. The summed E-state index contributed by atoms with van der Waals surface area (Å²) in [6.07, 6.45) is 6.44. The zero-order chi connectivity index (χ0) is 12.5. The number of hydrogen-bond donors (Lipinski definition) is 1. The van der Waals surface area contributed by atoms with Crippen molar-refractivity contribution in [2.75, 3.05) is 13.7 Å². The molecule has 94 valence electrons. The first kappa shape index (κ1) is 13.8. The maximum Gasteiger partial charge on any atom is 0.118 e. The van der Waals surface area contributed by atoms with Crippen LogP contribution >= 0.6 is 0 Å². The van der Waals surface area contributed by atoms with E-state index < -0.39 is 0 Å². The molecule has 1 aromatic carbocycles. The van der Waals surface area contributed by atoms with Gasteiger partial charge < -0.3 is 10.1 Å². The Bertz CT molecular complexity index is 329. The molecule has 2 heteroatoms. The second-order valence-electron chi connectivity index (χ2n) is 4.27. The highest BCUT2D eigenvalue weighted by molar-refractivity contribution is 5.27. The summed E-state index contributed by atoms with van der Waals surface area (Å²) >= 11 is 0. The van der Waals surface area contributed by atoms with E-state index in [2.05, 4.69) is 43.4 Å². The summed E-state index contributed by atoms with van der Waals surface area (Å²) in [5.41, 5.74) is 1.34. The molecule has 0 saturated heterocycles. The summed E-state index contributed by atoms with van der Waals surface area (Å²) in [5.74, 6) is 0.919. The molecular formula is C15H23NO. The molecular weight excluding hydrogens is 210 g/mol. The average Bonchev–Trinajstić information content (AvgIpc) is 2.36. The molecule has 1 N–H and O–H groups in total. The fourth-order valence-corrected chi connectivity index (χ4v) is 1.77. The quantitative estimate of drug-likeness (QED) is 0.577. The van der Waals surface area contributed by atoms with Crippen molar-refractivity contribution < 1.29 is 4.74 Å². The fourth-order valence-electron chi connectivity index (χ4n) is 1.77. The molecule has 1 rings (SSSR count). The number of methoxy groups -OCH3 is 1. The van der Waals surface area contributed by atoms with Gasteiger partial charge in [0.05, 0.1) is 7.11 Å². The number of ether oxygens (including phenoxy) is 1. The van der Waals surface area contributed by atoms with Crippen molar-refractivity contribution in [3.8, 4) is 5.75 Å². The first-order valence-corrected chi connectivity index (χ1v) is 6.23. The molecule has 1 aromatic rings. The molecule has 0 aliphatic rings. The maximum absolute atomic E-state index is 5.14. The average molecular weight is 233 g/mol. The molecule has 0 aliphatic carbocycles. The van der Waals surface area contributed by atoms with E-state index in [1.165, 1.54) is 5.56 Å². The molecule has 0 radical (unpaired) electrons. The lowest BCUT2D eigenvalue weighted by Gasteiger charge is -2.13. The molecule has 0 spiro atoms.